The molecule has 4 rings (SSSR count). The number of benzene rings is 3. The van der Waals surface area contributed by atoms with Crippen LogP contribution < -0.4 is 9.73 Å². The number of hydrogen-bond donors (Lipinski definition) is 1. The summed E-state index contributed by atoms with van der Waals surface area (Å²) in [5, 5.41) is 4.41. The molecule has 0 fully saturated rings. The minimum atomic E-state index is -4.09. The van der Waals surface area contributed by atoms with Crippen molar-refractivity contribution >= 4 is 39.4 Å². The molecule has 0 saturated heterocycles. The van der Waals surface area contributed by atoms with E-state index in [-0.39, 0.29) is 16.4 Å². The Hall–Kier alpha value is -3.95. The lowest BCUT2D eigenvalue weighted by Crippen LogP contribution is -2.39. The van der Waals surface area contributed by atoms with Crippen LogP contribution in [0.15, 0.2) is 82.8 Å². The van der Waals surface area contributed by atoms with Crippen LogP contribution in [-0.2, 0) is 14.8 Å². The van der Waals surface area contributed by atoms with Gasteiger partial charge in [-0.2, -0.15) is 5.10 Å². The molecule has 1 heterocycles. The number of aromatic nitrogens is 1. The minimum absolute atomic E-state index is 0.0432. The van der Waals surface area contributed by atoms with Crippen LogP contribution in [0.4, 0.5) is 10.1 Å². The molecule has 1 aromatic heterocycles. The van der Waals surface area contributed by atoms with Gasteiger partial charge in [-0.1, -0.05) is 47.5 Å². The number of para-hydroxylation sites is 1. The number of amides is 1. The Labute approximate surface area is 232 Å². The minimum Gasteiger partial charge on any atom is -0.315 e. The van der Waals surface area contributed by atoms with Crippen molar-refractivity contribution in [3.05, 3.63) is 112 Å². The van der Waals surface area contributed by atoms with Gasteiger partial charge < -0.3 is 4.57 Å². The van der Waals surface area contributed by atoms with E-state index in [1.165, 1.54) is 30.5 Å². The third-order valence-corrected chi connectivity index (χ3v) is 8.49. The lowest BCUT2D eigenvalue weighted by molar-refractivity contribution is -0.119. The topological polar surface area (TPSA) is 83.8 Å². The molecule has 39 heavy (non-hydrogen) atoms. The van der Waals surface area contributed by atoms with Crippen molar-refractivity contribution in [1.82, 2.24) is 9.99 Å². The molecule has 10 heteroatoms. The number of hydrogen-bond acceptors (Lipinski definition) is 4. The maximum absolute atomic E-state index is 14.4. The summed E-state index contributed by atoms with van der Waals surface area (Å²) in [6, 6.07) is 19.4. The quantitative estimate of drug-likeness (QED) is 0.214. The molecule has 1 N–H and O–H groups in total. The molecule has 0 aliphatic heterocycles. The number of nitrogens with one attached hydrogen (secondary N) is 1. The standard InChI is InChI=1S/C29H28ClFN4O3S/c1-19-9-13-25(14-10-19)39(37,38)34(24-12-11-20(2)26(30)16-24)18-29(36)33-32-17-23-15-21(3)35(22(23)4)28-8-6-5-7-27(28)31/h5-17H,18H2,1-4H3,(H,33,36)/b32-17-. The van der Waals surface area contributed by atoms with E-state index in [2.05, 4.69) is 10.5 Å². The van der Waals surface area contributed by atoms with E-state index in [1.807, 2.05) is 26.8 Å². The van der Waals surface area contributed by atoms with Crippen LogP contribution in [0.25, 0.3) is 5.69 Å². The highest BCUT2D eigenvalue weighted by atomic mass is 35.5. The first-order chi connectivity index (χ1) is 18.5. The molecule has 1 amide bonds. The predicted molar refractivity (Wildman–Crippen MR) is 153 cm³/mol. The van der Waals surface area contributed by atoms with E-state index in [1.54, 1.807) is 54.0 Å². The number of hydrazone groups is 1. The summed E-state index contributed by atoms with van der Waals surface area (Å²) >= 11 is 6.28. The summed E-state index contributed by atoms with van der Waals surface area (Å²) in [7, 11) is -4.09. The predicted octanol–water partition coefficient (Wildman–Crippen LogP) is 5.85. The van der Waals surface area contributed by atoms with Crippen molar-refractivity contribution < 1.29 is 17.6 Å². The van der Waals surface area contributed by atoms with Crippen molar-refractivity contribution in [3.63, 3.8) is 0 Å². The molecule has 0 spiro atoms. The van der Waals surface area contributed by atoms with Gasteiger partial charge in [-0.3, -0.25) is 9.10 Å². The van der Waals surface area contributed by atoms with Gasteiger partial charge in [0.15, 0.2) is 0 Å². The molecule has 0 radical (unpaired) electrons. The Morgan fingerprint density at radius 1 is 1.03 bits per heavy atom. The van der Waals surface area contributed by atoms with Crippen LogP contribution >= 0.6 is 11.6 Å². The average molecular weight is 567 g/mol. The molecule has 0 atom stereocenters. The smallest absolute Gasteiger partial charge is 0.264 e. The van der Waals surface area contributed by atoms with Crippen LogP contribution in [0, 0.1) is 33.5 Å². The fourth-order valence-corrected chi connectivity index (χ4v) is 5.74. The van der Waals surface area contributed by atoms with Gasteiger partial charge in [0.2, 0.25) is 0 Å². The van der Waals surface area contributed by atoms with Gasteiger partial charge >= 0.3 is 0 Å². The largest absolute Gasteiger partial charge is 0.315 e. The maximum Gasteiger partial charge on any atom is 0.264 e. The van der Waals surface area contributed by atoms with Gasteiger partial charge in [-0.15, -0.1) is 0 Å². The highest BCUT2D eigenvalue weighted by Gasteiger charge is 2.27. The first-order valence-corrected chi connectivity index (χ1v) is 13.9. The molecule has 0 bridgehead atoms. The third kappa shape index (κ3) is 6.05. The molecule has 0 aliphatic carbocycles. The highest BCUT2D eigenvalue weighted by Crippen LogP contribution is 2.28. The average Bonchev–Trinajstić information content (AvgIpc) is 3.17. The Kier molecular flexibility index (Phi) is 8.22. The summed E-state index contributed by atoms with van der Waals surface area (Å²) in [4.78, 5) is 12.9. The fourth-order valence-electron chi connectivity index (χ4n) is 4.15. The van der Waals surface area contributed by atoms with Crippen molar-refractivity contribution in [2.75, 3.05) is 10.8 Å². The summed E-state index contributed by atoms with van der Waals surface area (Å²) < 4.78 is 44.2. The van der Waals surface area contributed by atoms with Crippen LogP contribution in [0.5, 0.6) is 0 Å². The molecule has 7 nitrogen and oxygen atoms in total. The number of sulfonamides is 1. The normalized spacial score (nSPS) is 11.6. The Morgan fingerprint density at radius 3 is 2.38 bits per heavy atom. The monoisotopic (exact) mass is 566 g/mol. The van der Waals surface area contributed by atoms with E-state index in [4.69, 9.17) is 11.6 Å². The number of aryl methyl sites for hydroxylation is 3. The van der Waals surface area contributed by atoms with Crippen molar-refractivity contribution in [3.8, 4) is 5.69 Å². The first kappa shape index (κ1) is 28.1. The number of nitrogens with zero attached hydrogens (tertiary/aromatic N) is 3. The molecule has 0 saturated carbocycles. The number of carbonyl (C=O) groups is 1. The van der Waals surface area contributed by atoms with Crippen LogP contribution in [-0.4, -0.2) is 31.7 Å². The lowest BCUT2D eigenvalue weighted by Gasteiger charge is -2.24. The Balaban J connectivity index is 1.58. The molecule has 0 unspecified atom stereocenters. The SMILES string of the molecule is Cc1ccc(S(=O)(=O)N(CC(=O)N/N=C\c2cc(C)n(-c3ccccc3F)c2C)c2ccc(C)c(Cl)c2)cc1. The second kappa shape index (κ2) is 11.4. The summed E-state index contributed by atoms with van der Waals surface area (Å²) in [5.74, 6) is -1.01. The van der Waals surface area contributed by atoms with Crippen LogP contribution in [0.1, 0.15) is 28.1 Å². The molecular weight excluding hydrogens is 539 g/mol. The molecular formula is C29H28ClFN4O3S. The zero-order valence-electron chi connectivity index (χ0n) is 21.9. The Bertz CT molecular complexity index is 1660. The zero-order chi connectivity index (χ0) is 28.3. The molecule has 0 aliphatic rings. The van der Waals surface area contributed by atoms with Gasteiger partial charge in [0.25, 0.3) is 15.9 Å². The number of halogens is 2. The fraction of sp³-hybridized carbons (Fsp3) is 0.172. The zero-order valence-corrected chi connectivity index (χ0v) is 23.5. The first-order valence-electron chi connectivity index (χ1n) is 12.1. The summed E-state index contributed by atoms with van der Waals surface area (Å²) in [6.07, 6.45) is 1.44. The van der Waals surface area contributed by atoms with E-state index in [0.717, 1.165) is 26.8 Å². The van der Waals surface area contributed by atoms with Gasteiger partial charge in [-0.25, -0.2) is 18.2 Å². The lowest BCUT2D eigenvalue weighted by atomic mass is 10.2. The molecule has 202 valence electrons. The summed E-state index contributed by atoms with van der Waals surface area (Å²) in [6.45, 7) is 6.79. The van der Waals surface area contributed by atoms with E-state index in [9.17, 15) is 17.6 Å². The van der Waals surface area contributed by atoms with Crippen molar-refractivity contribution in [2.45, 2.75) is 32.6 Å². The molecule has 4 aromatic rings. The second-order valence-corrected chi connectivity index (χ2v) is 11.4. The second-order valence-electron chi connectivity index (χ2n) is 9.16. The maximum atomic E-state index is 14.4. The summed E-state index contributed by atoms with van der Waals surface area (Å²) in [5.41, 5.74) is 6.93. The van der Waals surface area contributed by atoms with Crippen LogP contribution in [0.3, 0.4) is 0 Å². The van der Waals surface area contributed by atoms with Gasteiger partial charge in [0.1, 0.15) is 12.4 Å². The number of anilines is 1. The number of carbonyl (C=O) groups excluding carboxylic acids is 1. The van der Waals surface area contributed by atoms with E-state index < -0.39 is 22.5 Å². The van der Waals surface area contributed by atoms with Crippen molar-refractivity contribution in [2.24, 2.45) is 5.10 Å². The van der Waals surface area contributed by atoms with Crippen LogP contribution in [0.2, 0.25) is 5.02 Å². The van der Waals surface area contributed by atoms with Gasteiger partial charge in [0.05, 0.1) is 22.5 Å². The van der Waals surface area contributed by atoms with E-state index >= 15 is 0 Å². The van der Waals surface area contributed by atoms with Gasteiger partial charge in [0, 0.05) is 22.0 Å². The molecule has 3 aromatic carbocycles. The Morgan fingerprint density at radius 2 is 1.72 bits per heavy atom. The third-order valence-electron chi connectivity index (χ3n) is 6.30. The van der Waals surface area contributed by atoms with Crippen molar-refractivity contribution in [1.29, 1.82) is 0 Å². The van der Waals surface area contributed by atoms with E-state index in [0.29, 0.717) is 16.3 Å². The van der Waals surface area contributed by atoms with Gasteiger partial charge in [-0.05, 0) is 75.7 Å². The highest BCUT2D eigenvalue weighted by molar-refractivity contribution is 7.92. The number of rotatable bonds is 8.